The molecule has 1 unspecified atom stereocenters. The first-order valence-corrected chi connectivity index (χ1v) is 6.17. The van der Waals surface area contributed by atoms with Crippen LogP contribution in [0, 0.1) is 13.8 Å². The zero-order valence-electron chi connectivity index (χ0n) is 10.4. The van der Waals surface area contributed by atoms with Crippen LogP contribution in [0.3, 0.4) is 0 Å². The molecule has 0 aliphatic heterocycles. The van der Waals surface area contributed by atoms with Gasteiger partial charge in [0.05, 0.1) is 0 Å². The van der Waals surface area contributed by atoms with Crippen LogP contribution in [0.5, 0.6) is 5.75 Å². The third-order valence-electron chi connectivity index (χ3n) is 2.70. The fourth-order valence-corrected chi connectivity index (χ4v) is 1.82. The van der Waals surface area contributed by atoms with Gasteiger partial charge in [0.15, 0.2) is 6.10 Å². The van der Waals surface area contributed by atoms with E-state index in [4.69, 9.17) is 26.5 Å². The number of rotatable bonds is 4. The van der Waals surface area contributed by atoms with E-state index in [1.54, 1.807) is 0 Å². The summed E-state index contributed by atoms with van der Waals surface area (Å²) in [7, 11) is 0. The zero-order chi connectivity index (χ0) is 13.1. The molecule has 18 heavy (non-hydrogen) atoms. The molecule has 0 spiro atoms. The Bertz CT molecular complexity index is 536. The van der Waals surface area contributed by atoms with Gasteiger partial charge in [-0.2, -0.15) is 0 Å². The first-order chi connectivity index (χ1) is 8.60. The Morgan fingerprint density at radius 2 is 2.06 bits per heavy atom. The molecule has 2 rings (SSSR count). The SMILES string of the molecule is Cc1ccc(C(CN)Oc2ccc(Cl)c(C)c2)o1. The van der Waals surface area contributed by atoms with Gasteiger partial charge in [0.25, 0.3) is 0 Å². The summed E-state index contributed by atoms with van der Waals surface area (Å²) in [5, 5.41) is 0.723. The summed E-state index contributed by atoms with van der Waals surface area (Å²) in [4.78, 5) is 0. The summed E-state index contributed by atoms with van der Waals surface area (Å²) < 4.78 is 11.4. The van der Waals surface area contributed by atoms with Crippen LogP contribution in [0.4, 0.5) is 0 Å². The molecule has 2 N–H and O–H groups in total. The Morgan fingerprint density at radius 3 is 2.61 bits per heavy atom. The van der Waals surface area contributed by atoms with Crippen molar-refractivity contribution in [2.24, 2.45) is 5.73 Å². The zero-order valence-corrected chi connectivity index (χ0v) is 11.2. The minimum absolute atomic E-state index is 0.278. The van der Waals surface area contributed by atoms with Crippen LogP contribution in [0.25, 0.3) is 0 Å². The highest BCUT2D eigenvalue weighted by Gasteiger charge is 2.15. The van der Waals surface area contributed by atoms with Crippen LogP contribution in [0.2, 0.25) is 5.02 Å². The van der Waals surface area contributed by atoms with Crippen molar-refractivity contribution in [1.29, 1.82) is 0 Å². The second-order valence-electron chi connectivity index (χ2n) is 4.20. The highest BCUT2D eigenvalue weighted by Crippen LogP contribution is 2.26. The number of benzene rings is 1. The predicted octanol–water partition coefficient (Wildman–Crippen LogP) is 3.63. The topological polar surface area (TPSA) is 48.4 Å². The van der Waals surface area contributed by atoms with E-state index in [0.29, 0.717) is 6.54 Å². The van der Waals surface area contributed by atoms with E-state index in [-0.39, 0.29) is 6.10 Å². The summed E-state index contributed by atoms with van der Waals surface area (Å²) in [5.74, 6) is 2.32. The van der Waals surface area contributed by atoms with Gasteiger partial charge in [0.1, 0.15) is 17.3 Å². The van der Waals surface area contributed by atoms with Crippen LogP contribution >= 0.6 is 11.6 Å². The van der Waals surface area contributed by atoms with Crippen molar-refractivity contribution in [2.75, 3.05) is 6.54 Å². The van der Waals surface area contributed by atoms with E-state index in [1.165, 1.54) is 0 Å². The molecule has 0 saturated heterocycles. The van der Waals surface area contributed by atoms with Crippen LogP contribution in [-0.2, 0) is 0 Å². The second-order valence-corrected chi connectivity index (χ2v) is 4.61. The number of furan rings is 1. The standard InChI is InChI=1S/C14H16ClNO2/c1-9-7-11(4-5-12(9)15)18-14(8-16)13-6-3-10(2)17-13/h3-7,14H,8,16H2,1-2H3. The third kappa shape index (κ3) is 2.86. The van der Waals surface area contributed by atoms with Gasteiger partial charge in [0.2, 0.25) is 0 Å². The number of hydrogen-bond acceptors (Lipinski definition) is 3. The second kappa shape index (κ2) is 5.46. The van der Waals surface area contributed by atoms with Gasteiger partial charge < -0.3 is 14.9 Å². The van der Waals surface area contributed by atoms with E-state index >= 15 is 0 Å². The number of hydrogen-bond donors (Lipinski definition) is 1. The van der Waals surface area contributed by atoms with E-state index in [1.807, 2.05) is 44.2 Å². The fourth-order valence-electron chi connectivity index (χ4n) is 1.70. The van der Waals surface area contributed by atoms with Gasteiger partial charge in [-0.25, -0.2) is 0 Å². The van der Waals surface area contributed by atoms with E-state index < -0.39 is 0 Å². The maximum atomic E-state index is 5.97. The Hall–Kier alpha value is -1.45. The lowest BCUT2D eigenvalue weighted by molar-refractivity contribution is 0.182. The van der Waals surface area contributed by atoms with Crippen molar-refractivity contribution in [3.05, 3.63) is 52.4 Å². The van der Waals surface area contributed by atoms with E-state index in [2.05, 4.69) is 0 Å². The molecule has 0 bridgehead atoms. The smallest absolute Gasteiger partial charge is 0.168 e. The molecule has 0 aliphatic rings. The van der Waals surface area contributed by atoms with Crippen LogP contribution in [0.1, 0.15) is 23.2 Å². The molecule has 4 heteroatoms. The molecule has 1 heterocycles. The molecule has 0 amide bonds. The van der Waals surface area contributed by atoms with Gasteiger partial charge in [-0.15, -0.1) is 0 Å². The highest BCUT2D eigenvalue weighted by molar-refractivity contribution is 6.31. The molecule has 96 valence electrons. The van der Waals surface area contributed by atoms with Gasteiger partial charge in [-0.1, -0.05) is 11.6 Å². The molecule has 1 atom stereocenters. The summed E-state index contributed by atoms with van der Waals surface area (Å²) in [6, 6.07) is 9.31. The lowest BCUT2D eigenvalue weighted by Gasteiger charge is -2.15. The highest BCUT2D eigenvalue weighted by atomic mass is 35.5. The summed E-state index contributed by atoms with van der Waals surface area (Å²) in [5.41, 5.74) is 6.69. The average molecular weight is 266 g/mol. The lowest BCUT2D eigenvalue weighted by atomic mass is 10.2. The Labute approximate surface area is 111 Å². The van der Waals surface area contributed by atoms with Gasteiger partial charge in [-0.05, 0) is 49.7 Å². The molecule has 0 aliphatic carbocycles. The Morgan fingerprint density at radius 1 is 1.28 bits per heavy atom. The number of ether oxygens (including phenoxy) is 1. The summed E-state index contributed by atoms with van der Waals surface area (Å²) in [6.07, 6.45) is -0.278. The minimum atomic E-state index is -0.278. The first-order valence-electron chi connectivity index (χ1n) is 5.79. The molecule has 3 nitrogen and oxygen atoms in total. The lowest BCUT2D eigenvalue weighted by Crippen LogP contribution is -2.17. The fraction of sp³-hybridized carbons (Fsp3) is 0.286. The van der Waals surface area contributed by atoms with Crippen LogP contribution < -0.4 is 10.5 Å². The Kier molecular flexibility index (Phi) is 3.94. The molecule has 1 aromatic carbocycles. The molecule has 1 aromatic heterocycles. The quantitative estimate of drug-likeness (QED) is 0.918. The molecular weight excluding hydrogens is 250 g/mol. The van der Waals surface area contributed by atoms with Crippen LogP contribution in [0.15, 0.2) is 34.7 Å². The molecule has 2 aromatic rings. The molecule has 0 fully saturated rings. The summed E-state index contributed by atoms with van der Waals surface area (Å²) in [6.45, 7) is 4.18. The van der Waals surface area contributed by atoms with Gasteiger partial charge >= 0.3 is 0 Å². The van der Waals surface area contributed by atoms with Crippen molar-refractivity contribution in [3.8, 4) is 5.75 Å². The largest absolute Gasteiger partial charge is 0.481 e. The number of halogens is 1. The normalized spacial score (nSPS) is 12.4. The van der Waals surface area contributed by atoms with Crippen molar-refractivity contribution in [1.82, 2.24) is 0 Å². The number of aryl methyl sites for hydroxylation is 2. The molecule has 0 radical (unpaired) electrons. The maximum Gasteiger partial charge on any atom is 0.168 e. The summed E-state index contributed by atoms with van der Waals surface area (Å²) >= 11 is 5.97. The van der Waals surface area contributed by atoms with Gasteiger partial charge in [0, 0.05) is 11.6 Å². The predicted molar refractivity (Wildman–Crippen MR) is 72.1 cm³/mol. The monoisotopic (exact) mass is 265 g/mol. The van der Waals surface area contributed by atoms with Crippen molar-refractivity contribution < 1.29 is 9.15 Å². The third-order valence-corrected chi connectivity index (χ3v) is 3.12. The first kappa shape index (κ1) is 13.0. The van der Waals surface area contributed by atoms with E-state index in [0.717, 1.165) is 27.9 Å². The maximum absolute atomic E-state index is 5.97. The van der Waals surface area contributed by atoms with E-state index in [9.17, 15) is 0 Å². The number of nitrogens with two attached hydrogens (primary N) is 1. The molecular formula is C14H16ClNO2. The van der Waals surface area contributed by atoms with Gasteiger partial charge in [-0.3, -0.25) is 0 Å². The van der Waals surface area contributed by atoms with Crippen molar-refractivity contribution in [2.45, 2.75) is 20.0 Å². The minimum Gasteiger partial charge on any atom is -0.481 e. The van der Waals surface area contributed by atoms with Crippen molar-refractivity contribution in [3.63, 3.8) is 0 Å². The van der Waals surface area contributed by atoms with Crippen LogP contribution in [-0.4, -0.2) is 6.54 Å². The Balaban J connectivity index is 2.17. The van der Waals surface area contributed by atoms with Crippen molar-refractivity contribution >= 4 is 11.6 Å². The molecule has 0 saturated carbocycles. The average Bonchev–Trinajstić information content (AvgIpc) is 2.77.